The number of ether oxygens (including phenoxy) is 1. The predicted molar refractivity (Wildman–Crippen MR) is 93.3 cm³/mol. The Labute approximate surface area is 155 Å². The third-order valence-corrected chi connectivity index (χ3v) is 4.89. The number of halogens is 3. The Morgan fingerprint density at radius 1 is 1.38 bits per heavy atom. The van der Waals surface area contributed by atoms with Gasteiger partial charge in [-0.2, -0.15) is 0 Å². The van der Waals surface area contributed by atoms with Crippen LogP contribution in [0.1, 0.15) is 36.8 Å². The standard InChI is InChI=1S/C18H14BrF2N3O2/c1-8(16-23-15-4-9(19)7-22-17(15)24-16)26-18(25)13-6-12(13)11-3-2-10(20)5-14(11)21/h2-5,7-8,12-13H,6H2,1H3,(H,22,23,24)/t8-,12-,13+/m0/s1. The molecule has 2 aromatic heterocycles. The second-order valence-electron chi connectivity index (χ2n) is 6.34. The van der Waals surface area contributed by atoms with Crippen LogP contribution >= 0.6 is 15.9 Å². The van der Waals surface area contributed by atoms with E-state index in [1.165, 1.54) is 12.1 Å². The van der Waals surface area contributed by atoms with Crippen LogP contribution in [0.5, 0.6) is 0 Å². The van der Waals surface area contributed by atoms with Gasteiger partial charge in [0, 0.05) is 22.7 Å². The minimum atomic E-state index is -0.634. The summed E-state index contributed by atoms with van der Waals surface area (Å²) in [6, 6.07) is 5.25. The summed E-state index contributed by atoms with van der Waals surface area (Å²) >= 11 is 3.34. The number of rotatable bonds is 4. The first-order valence-corrected chi connectivity index (χ1v) is 8.88. The zero-order chi connectivity index (χ0) is 18.4. The van der Waals surface area contributed by atoms with E-state index in [-0.39, 0.29) is 5.92 Å². The number of nitrogens with zero attached hydrogens (tertiary/aromatic N) is 2. The topological polar surface area (TPSA) is 67.9 Å². The van der Waals surface area contributed by atoms with E-state index in [2.05, 4.69) is 30.9 Å². The maximum Gasteiger partial charge on any atom is 0.310 e. The molecule has 1 aliphatic carbocycles. The number of hydrogen-bond donors (Lipinski definition) is 1. The van der Waals surface area contributed by atoms with E-state index >= 15 is 0 Å². The fraction of sp³-hybridized carbons (Fsp3) is 0.278. The van der Waals surface area contributed by atoms with Gasteiger partial charge in [-0.3, -0.25) is 4.79 Å². The maximum absolute atomic E-state index is 13.8. The summed E-state index contributed by atoms with van der Waals surface area (Å²) in [4.78, 5) is 23.9. The third-order valence-electron chi connectivity index (χ3n) is 4.46. The summed E-state index contributed by atoms with van der Waals surface area (Å²) in [5.74, 6) is -1.89. The van der Waals surface area contributed by atoms with E-state index < -0.39 is 29.6 Å². The molecule has 1 fully saturated rings. The Kier molecular flexibility index (Phi) is 4.22. The summed E-state index contributed by atoms with van der Waals surface area (Å²) in [6.45, 7) is 1.71. The molecule has 3 aromatic rings. The Balaban J connectivity index is 1.44. The molecule has 0 radical (unpaired) electrons. The van der Waals surface area contributed by atoms with Gasteiger partial charge in [0.15, 0.2) is 11.8 Å². The van der Waals surface area contributed by atoms with Crippen LogP contribution in [0, 0.1) is 17.6 Å². The number of esters is 1. The molecule has 0 unspecified atom stereocenters. The Hall–Kier alpha value is -2.35. The van der Waals surface area contributed by atoms with Crippen molar-refractivity contribution in [1.29, 1.82) is 0 Å². The average molecular weight is 422 g/mol. The number of H-pyrrole nitrogens is 1. The third kappa shape index (κ3) is 3.21. The van der Waals surface area contributed by atoms with Gasteiger partial charge in [-0.25, -0.2) is 18.7 Å². The number of aromatic nitrogens is 3. The Morgan fingerprint density at radius 2 is 2.19 bits per heavy atom. The van der Waals surface area contributed by atoms with Crippen molar-refractivity contribution in [2.45, 2.75) is 25.4 Å². The maximum atomic E-state index is 13.8. The van der Waals surface area contributed by atoms with E-state index in [4.69, 9.17) is 4.74 Å². The molecule has 4 rings (SSSR count). The molecule has 1 aliphatic rings. The van der Waals surface area contributed by atoms with Gasteiger partial charge in [0.2, 0.25) is 0 Å². The van der Waals surface area contributed by atoms with Crippen molar-refractivity contribution < 1.29 is 18.3 Å². The molecule has 0 spiro atoms. The second-order valence-corrected chi connectivity index (χ2v) is 7.26. The molecule has 0 saturated heterocycles. The van der Waals surface area contributed by atoms with Crippen molar-refractivity contribution in [3.8, 4) is 0 Å². The van der Waals surface area contributed by atoms with Gasteiger partial charge in [-0.05, 0) is 47.0 Å². The zero-order valence-electron chi connectivity index (χ0n) is 13.7. The van der Waals surface area contributed by atoms with Crippen LogP contribution in [0.2, 0.25) is 0 Å². The van der Waals surface area contributed by atoms with E-state index in [1.54, 1.807) is 13.1 Å². The van der Waals surface area contributed by atoms with Gasteiger partial charge >= 0.3 is 5.97 Å². The summed E-state index contributed by atoms with van der Waals surface area (Å²) in [5.41, 5.74) is 1.61. The van der Waals surface area contributed by atoms with Crippen LogP contribution in [0.3, 0.4) is 0 Å². The predicted octanol–water partition coefficient (Wildman–Crippen LogP) is 4.41. The van der Waals surface area contributed by atoms with Crippen LogP contribution in [0.25, 0.3) is 11.2 Å². The summed E-state index contributed by atoms with van der Waals surface area (Å²) in [5, 5.41) is 0. The lowest BCUT2D eigenvalue weighted by Gasteiger charge is -2.10. The summed E-state index contributed by atoms with van der Waals surface area (Å²) < 4.78 is 33.1. The quantitative estimate of drug-likeness (QED) is 0.633. The van der Waals surface area contributed by atoms with Crippen molar-refractivity contribution >= 4 is 33.1 Å². The Bertz CT molecular complexity index is 1010. The molecule has 8 heteroatoms. The highest BCUT2D eigenvalue weighted by molar-refractivity contribution is 9.10. The molecule has 1 N–H and O–H groups in total. The molecule has 3 atom stereocenters. The molecule has 1 aromatic carbocycles. The van der Waals surface area contributed by atoms with Crippen molar-refractivity contribution in [3.05, 3.63) is 58.0 Å². The van der Waals surface area contributed by atoms with Gasteiger partial charge in [0.05, 0.1) is 11.4 Å². The smallest absolute Gasteiger partial charge is 0.310 e. The molecule has 134 valence electrons. The van der Waals surface area contributed by atoms with Crippen LogP contribution in [-0.2, 0) is 9.53 Å². The minimum absolute atomic E-state index is 0.274. The van der Waals surface area contributed by atoms with Gasteiger partial charge in [0.1, 0.15) is 17.5 Å². The van der Waals surface area contributed by atoms with Crippen molar-refractivity contribution in [3.63, 3.8) is 0 Å². The number of pyridine rings is 1. The fourth-order valence-electron chi connectivity index (χ4n) is 3.00. The highest BCUT2D eigenvalue weighted by atomic mass is 79.9. The van der Waals surface area contributed by atoms with Gasteiger partial charge < -0.3 is 9.72 Å². The van der Waals surface area contributed by atoms with Crippen molar-refractivity contribution in [2.24, 2.45) is 5.92 Å². The first-order chi connectivity index (χ1) is 12.4. The molecule has 0 amide bonds. The lowest BCUT2D eigenvalue weighted by Crippen LogP contribution is -2.12. The zero-order valence-corrected chi connectivity index (χ0v) is 15.3. The minimum Gasteiger partial charge on any atom is -0.454 e. The number of benzene rings is 1. The first kappa shape index (κ1) is 17.1. The summed E-state index contributed by atoms with van der Waals surface area (Å²) in [7, 11) is 0. The Morgan fingerprint density at radius 3 is 2.96 bits per heavy atom. The first-order valence-electron chi connectivity index (χ1n) is 8.09. The van der Waals surface area contributed by atoms with E-state index in [0.29, 0.717) is 23.5 Å². The lowest BCUT2D eigenvalue weighted by molar-refractivity contribution is -0.150. The van der Waals surface area contributed by atoms with Gasteiger partial charge in [-0.15, -0.1) is 0 Å². The molecule has 0 aliphatic heterocycles. The van der Waals surface area contributed by atoms with Crippen LogP contribution in [0.4, 0.5) is 8.78 Å². The van der Waals surface area contributed by atoms with Gasteiger partial charge in [-0.1, -0.05) is 6.07 Å². The molecule has 5 nitrogen and oxygen atoms in total. The van der Waals surface area contributed by atoms with Gasteiger partial charge in [0.25, 0.3) is 0 Å². The lowest BCUT2D eigenvalue weighted by atomic mass is 10.1. The highest BCUT2D eigenvalue weighted by Gasteiger charge is 2.47. The molecular formula is C18H14BrF2N3O2. The largest absolute Gasteiger partial charge is 0.454 e. The molecular weight excluding hydrogens is 408 g/mol. The monoisotopic (exact) mass is 421 g/mol. The molecule has 1 saturated carbocycles. The number of hydrogen-bond acceptors (Lipinski definition) is 4. The number of fused-ring (bicyclic) bond motifs is 1. The number of imidazole rings is 1. The fourth-order valence-corrected chi connectivity index (χ4v) is 3.34. The normalized spacial score (nSPS) is 20.2. The molecule has 0 bridgehead atoms. The molecule has 26 heavy (non-hydrogen) atoms. The molecule has 2 heterocycles. The highest BCUT2D eigenvalue weighted by Crippen LogP contribution is 2.49. The van der Waals surface area contributed by atoms with E-state index in [0.717, 1.165) is 16.1 Å². The van der Waals surface area contributed by atoms with Crippen LogP contribution in [0.15, 0.2) is 34.9 Å². The van der Waals surface area contributed by atoms with Crippen molar-refractivity contribution in [1.82, 2.24) is 15.0 Å². The van der Waals surface area contributed by atoms with E-state index in [9.17, 15) is 13.6 Å². The second kappa shape index (κ2) is 6.42. The number of nitrogens with one attached hydrogen (secondary N) is 1. The number of carbonyl (C=O) groups excluding carboxylic acids is 1. The SMILES string of the molecule is C[C@H](OC(=O)[C@@H]1C[C@H]1c1ccc(F)cc1F)c1nc2ncc(Br)cc2[nH]1. The number of aromatic amines is 1. The summed E-state index contributed by atoms with van der Waals surface area (Å²) in [6.07, 6.45) is 1.54. The van der Waals surface area contributed by atoms with Crippen LogP contribution < -0.4 is 0 Å². The number of carbonyl (C=O) groups is 1. The van der Waals surface area contributed by atoms with E-state index in [1.807, 2.05) is 6.07 Å². The average Bonchev–Trinajstić information content (AvgIpc) is 3.26. The van der Waals surface area contributed by atoms with Crippen molar-refractivity contribution in [2.75, 3.05) is 0 Å². The van der Waals surface area contributed by atoms with Crippen LogP contribution in [-0.4, -0.2) is 20.9 Å².